The molecule has 0 radical (unpaired) electrons. The molecular formula is C19H15BF3N5O3. The van der Waals surface area contributed by atoms with Gasteiger partial charge in [0, 0.05) is 28.7 Å². The number of methoxy groups -OCH3 is 1. The highest BCUT2D eigenvalue weighted by molar-refractivity contribution is 6.60. The molecule has 12 heteroatoms. The van der Waals surface area contributed by atoms with Crippen LogP contribution in [0.3, 0.4) is 0 Å². The van der Waals surface area contributed by atoms with Crippen molar-refractivity contribution < 1.29 is 28.0 Å². The van der Waals surface area contributed by atoms with E-state index in [1.165, 1.54) is 25.4 Å². The maximum atomic E-state index is 13.1. The second-order valence-corrected chi connectivity index (χ2v) is 6.69. The van der Waals surface area contributed by atoms with Crippen LogP contribution in [0, 0.1) is 0 Å². The summed E-state index contributed by atoms with van der Waals surface area (Å²) in [4.78, 5) is 0. The zero-order valence-corrected chi connectivity index (χ0v) is 16.0. The van der Waals surface area contributed by atoms with Gasteiger partial charge in [0.25, 0.3) is 0 Å². The van der Waals surface area contributed by atoms with Crippen LogP contribution in [0.4, 0.5) is 18.9 Å². The smallest absolute Gasteiger partial charge is 0.492 e. The van der Waals surface area contributed by atoms with Crippen molar-refractivity contribution in [2.24, 2.45) is 0 Å². The van der Waals surface area contributed by atoms with Crippen molar-refractivity contribution in [1.29, 1.82) is 0 Å². The quantitative estimate of drug-likeness (QED) is 0.423. The fourth-order valence-corrected chi connectivity index (χ4v) is 3.23. The molecule has 4 aromatic rings. The van der Waals surface area contributed by atoms with E-state index in [4.69, 9.17) is 10.5 Å². The summed E-state index contributed by atoms with van der Waals surface area (Å²) in [6.45, 7) is 0. The van der Waals surface area contributed by atoms with Crippen LogP contribution in [0.25, 0.3) is 27.7 Å². The molecule has 2 aromatic carbocycles. The van der Waals surface area contributed by atoms with Crippen LogP contribution in [0.1, 0.15) is 5.56 Å². The summed E-state index contributed by atoms with van der Waals surface area (Å²) in [6, 6.07) is 7.82. The average molecular weight is 429 g/mol. The number of hydrogen-bond donors (Lipinski definition) is 3. The molecule has 0 aliphatic heterocycles. The zero-order chi connectivity index (χ0) is 22.3. The number of ether oxygens (including phenoxy) is 1. The Hall–Kier alpha value is -3.64. The van der Waals surface area contributed by atoms with Crippen LogP contribution in [0.2, 0.25) is 0 Å². The second-order valence-electron chi connectivity index (χ2n) is 6.69. The third-order valence-corrected chi connectivity index (χ3v) is 4.76. The van der Waals surface area contributed by atoms with Crippen LogP contribution < -0.4 is 15.9 Å². The van der Waals surface area contributed by atoms with E-state index in [2.05, 4.69) is 15.3 Å². The molecule has 4 N–H and O–H groups in total. The molecule has 0 saturated carbocycles. The van der Waals surface area contributed by atoms with E-state index < -0.39 is 18.9 Å². The van der Waals surface area contributed by atoms with Crippen LogP contribution in [0.15, 0.2) is 48.9 Å². The first-order chi connectivity index (χ1) is 14.7. The van der Waals surface area contributed by atoms with E-state index in [-0.39, 0.29) is 16.9 Å². The molecule has 0 saturated heterocycles. The highest BCUT2D eigenvalue weighted by atomic mass is 19.4. The fraction of sp³-hybridized carbons (Fsp3) is 0.105. The Labute approximate surface area is 173 Å². The molecule has 31 heavy (non-hydrogen) atoms. The van der Waals surface area contributed by atoms with Crippen LogP contribution in [0.5, 0.6) is 5.75 Å². The number of halogens is 3. The van der Waals surface area contributed by atoms with E-state index in [9.17, 15) is 23.2 Å². The van der Waals surface area contributed by atoms with E-state index in [1.54, 1.807) is 18.2 Å². The van der Waals surface area contributed by atoms with E-state index in [0.29, 0.717) is 33.9 Å². The lowest BCUT2D eigenvalue weighted by Crippen LogP contribution is -2.31. The Kier molecular flexibility index (Phi) is 5.03. The number of hydrogen-bond acceptors (Lipinski definition) is 7. The predicted molar refractivity (Wildman–Crippen MR) is 108 cm³/mol. The molecule has 0 bridgehead atoms. The van der Waals surface area contributed by atoms with Gasteiger partial charge in [0.05, 0.1) is 42.0 Å². The molecule has 0 atom stereocenters. The maximum absolute atomic E-state index is 13.1. The number of anilines is 1. The standard InChI is InChI=1S/C19H15BF3N5O3/c1-31-18-6-17(28-9-11(7-26-28)19(21,22)23)13(5-14(18)20(29)30)10-2-3-12-15(24)8-25-27-16(12)4-10/h2-9,29-30H,1H3,(H2,24,27). The van der Waals surface area contributed by atoms with Crippen molar-refractivity contribution in [3.8, 4) is 22.6 Å². The lowest BCUT2D eigenvalue weighted by molar-refractivity contribution is -0.137. The first-order valence-electron chi connectivity index (χ1n) is 8.90. The second kappa shape index (κ2) is 7.56. The molecule has 2 heterocycles. The third-order valence-electron chi connectivity index (χ3n) is 4.76. The number of nitrogen functional groups attached to an aromatic ring is 1. The molecule has 4 rings (SSSR count). The van der Waals surface area contributed by atoms with Gasteiger partial charge in [0.1, 0.15) is 5.75 Å². The molecule has 8 nitrogen and oxygen atoms in total. The van der Waals surface area contributed by atoms with Crippen LogP contribution in [-0.2, 0) is 6.18 Å². The molecule has 0 amide bonds. The number of fused-ring (bicyclic) bond motifs is 1. The molecule has 158 valence electrons. The number of alkyl halides is 3. The van der Waals surface area contributed by atoms with Gasteiger partial charge in [-0.3, -0.25) is 0 Å². The number of benzene rings is 2. The van der Waals surface area contributed by atoms with Crippen molar-refractivity contribution in [1.82, 2.24) is 20.0 Å². The first-order valence-corrected chi connectivity index (χ1v) is 8.90. The Bertz CT molecular complexity index is 1280. The Morgan fingerprint density at radius 3 is 2.55 bits per heavy atom. The molecule has 0 unspecified atom stereocenters. The highest BCUT2D eigenvalue weighted by Crippen LogP contribution is 2.34. The van der Waals surface area contributed by atoms with Crippen LogP contribution >= 0.6 is 0 Å². The summed E-state index contributed by atoms with van der Waals surface area (Å²) in [5.41, 5.74) is 7.00. The topological polar surface area (TPSA) is 119 Å². The molecule has 0 fully saturated rings. The van der Waals surface area contributed by atoms with E-state index >= 15 is 0 Å². The lowest BCUT2D eigenvalue weighted by atomic mass is 9.77. The summed E-state index contributed by atoms with van der Waals surface area (Å²) in [7, 11) is -0.564. The van der Waals surface area contributed by atoms with Gasteiger partial charge in [-0.2, -0.15) is 28.5 Å². The maximum Gasteiger partial charge on any atom is 0.492 e. The number of nitrogens with two attached hydrogens (primary N) is 1. The minimum Gasteiger partial charge on any atom is -0.497 e. The van der Waals surface area contributed by atoms with Crippen molar-refractivity contribution in [3.05, 3.63) is 54.5 Å². The van der Waals surface area contributed by atoms with Gasteiger partial charge in [-0.1, -0.05) is 6.07 Å². The van der Waals surface area contributed by atoms with E-state index in [0.717, 1.165) is 10.9 Å². The third kappa shape index (κ3) is 3.78. The first kappa shape index (κ1) is 20.6. The fourth-order valence-electron chi connectivity index (χ4n) is 3.23. The van der Waals surface area contributed by atoms with Gasteiger partial charge in [-0.05, 0) is 23.8 Å². The van der Waals surface area contributed by atoms with Gasteiger partial charge in [0.2, 0.25) is 0 Å². The SMILES string of the molecule is COc1cc(-n2cc(C(F)(F)F)cn2)c(-c2ccc3c(N)cnnc3c2)cc1B(O)O. The van der Waals surface area contributed by atoms with Crippen molar-refractivity contribution in [3.63, 3.8) is 0 Å². The number of rotatable bonds is 4. The van der Waals surface area contributed by atoms with Gasteiger partial charge in [0.15, 0.2) is 0 Å². The molecule has 0 aliphatic rings. The minimum absolute atomic E-state index is 0.0307. The van der Waals surface area contributed by atoms with Gasteiger partial charge in [-0.15, -0.1) is 0 Å². The normalized spacial score (nSPS) is 11.7. The Morgan fingerprint density at radius 2 is 1.90 bits per heavy atom. The minimum atomic E-state index is -4.57. The van der Waals surface area contributed by atoms with Crippen LogP contribution in [-0.4, -0.2) is 44.3 Å². The molecular weight excluding hydrogens is 414 g/mol. The summed E-state index contributed by atoms with van der Waals surface area (Å²) in [5.74, 6) is 0.0719. The Morgan fingerprint density at radius 1 is 1.13 bits per heavy atom. The summed E-state index contributed by atoms with van der Waals surface area (Å²) in [6.07, 6.45) is -1.62. The van der Waals surface area contributed by atoms with Crippen molar-refractivity contribution in [2.45, 2.75) is 6.18 Å². The van der Waals surface area contributed by atoms with Crippen molar-refractivity contribution >= 4 is 29.2 Å². The number of nitrogens with zero attached hydrogens (tertiary/aromatic N) is 4. The summed E-state index contributed by atoms with van der Waals surface area (Å²) in [5, 5.41) is 31.8. The lowest BCUT2D eigenvalue weighted by Gasteiger charge is -2.16. The number of aromatic nitrogens is 4. The summed E-state index contributed by atoms with van der Waals surface area (Å²) >= 11 is 0. The molecule has 0 aliphatic carbocycles. The van der Waals surface area contributed by atoms with Gasteiger partial charge >= 0.3 is 13.3 Å². The van der Waals surface area contributed by atoms with Gasteiger partial charge < -0.3 is 20.5 Å². The monoisotopic (exact) mass is 429 g/mol. The Balaban J connectivity index is 1.97. The van der Waals surface area contributed by atoms with Crippen molar-refractivity contribution in [2.75, 3.05) is 12.8 Å². The zero-order valence-electron chi connectivity index (χ0n) is 16.0. The highest BCUT2D eigenvalue weighted by Gasteiger charge is 2.33. The van der Waals surface area contributed by atoms with E-state index in [1.807, 2.05) is 0 Å². The predicted octanol–water partition coefficient (Wildman–Crippen LogP) is 1.77. The van der Waals surface area contributed by atoms with Gasteiger partial charge in [-0.25, -0.2) is 4.68 Å². The summed E-state index contributed by atoms with van der Waals surface area (Å²) < 4.78 is 45.5. The molecule has 2 aromatic heterocycles. The average Bonchev–Trinajstić information content (AvgIpc) is 3.23. The largest absolute Gasteiger partial charge is 0.497 e. The molecule has 0 spiro atoms.